The Bertz CT molecular complexity index is 899. The van der Waals surface area contributed by atoms with Gasteiger partial charge in [-0.05, 0) is 18.2 Å². The van der Waals surface area contributed by atoms with Crippen molar-refractivity contribution >= 4 is 16.8 Å². The first kappa shape index (κ1) is 15.8. The minimum Gasteiger partial charge on any atom is -0.423 e. The molecule has 25 heavy (non-hydrogen) atoms. The third-order valence-corrected chi connectivity index (χ3v) is 4.45. The number of amides is 1. The summed E-state index contributed by atoms with van der Waals surface area (Å²) in [4.78, 5) is 18.1. The predicted molar refractivity (Wildman–Crippen MR) is 91.3 cm³/mol. The molecule has 1 fully saturated rings. The molecular weight excluding hydrogens is 320 g/mol. The average Bonchev–Trinajstić information content (AvgIpc) is 3.30. The van der Waals surface area contributed by atoms with E-state index in [9.17, 15) is 4.79 Å². The van der Waals surface area contributed by atoms with Gasteiger partial charge in [0.25, 0.3) is 5.91 Å². The predicted octanol–water partition coefficient (Wildman–Crippen LogP) is 2.89. The molecule has 1 aliphatic heterocycles. The molecule has 1 amide bonds. The molecule has 0 spiro atoms. The number of rotatable bonds is 3. The molecule has 3 aromatic rings. The first-order chi connectivity index (χ1) is 12.1. The lowest BCUT2D eigenvalue weighted by atomic mass is 10.1. The van der Waals surface area contributed by atoms with Crippen LogP contribution >= 0.6 is 0 Å². The molecule has 1 unspecified atom stereocenters. The Kier molecular flexibility index (Phi) is 4.01. The van der Waals surface area contributed by atoms with Gasteiger partial charge in [0, 0.05) is 35.1 Å². The number of benzene rings is 1. The molecule has 0 bridgehead atoms. The van der Waals surface area contributed by atoms with Crippen LogP contribution in [0.25, 0.3) is 10.9 Å². The summed E-state index contributed by atoms with van der Waals surface area (Å²) in [5, 5.41) is 9.14. The summed E-state index contributed by atoms with van der Waals surface area (Å²) in [6, 6.07) is 7.23. The number of hydrogen-bond acceptors (Lipinski definition) is 5. The topological polar surface area (TPSA) is 84.3 Å². The Labute approximate surface area is 145 Å². The average molecular weight is 340 g/mol. The Balaban J connectivity index is 1.68. The molecule has 0 aliphatic carbocycles. The van der Waals surface area contributed by atoms with Crippen LogP contribution < -0.4 is 0 Å². The third kappa shape index (κ3) is 2.80. The second-order valence-corrected chi connectivity index (χ2v) is 6.47. The van der Waals surface area contributed by atoms with Crippen molar-refractivity contribution in [3.05, 3.63) is 47.8 Å². The molecule has 7 heteroatoms. The maximum Gasteiger partial charge on any atom is 0.255 e. The molecule has 1 aliphatic rings. The number of H-pyrrole nitrogens is 1. The van der Waals surface area contributed by atoms with Gasteiger partial charge in [-0.3, -0.25) is 4.79 Å². The highest BCUT2D eigenvalue weighted by Gasteiger charge is 2.34. The van der Waals surface area contributed by atoms with E-state index < -0.39 is 0 Å². The zero-order chi connectivity index (χ0) is 17.4. The molecule has 2 aromatic heterocycles. The molecular formula is C18H20N4O3. The van der Waals surface area contributed by atoms with Crippen LogP contribution in [0.15, 0.2) is 34.9 Å². The van der Waals surface area contributed by atoms with Crippen LogP contribution in [0, 0.1) is 0 Å². The third-order valence-electron chi connectivity index (χ3n) is 4.45. The van der Waals surface area contributed by atoms with Gasteiger partial charge in [0.15, 0.2) is 0 Å². The van der Waals surface area contributed by atoms with Crippen LogP contribution in [0.4, 0.5) is 0 Å². The van der Waals surface area contributed by atoms with E-state index in [1.54, 1.807) is 4.90 Å². The van der Waals surface area contributed by atoms with E-state index in [-0.39, 0.29) is 17.9 Å². The summed E-state index contributed by atoms with van der Waals surface area (Å²) in [7, 11) is 0. The monoisotopic (exact) mass is 340 g/mol. The zero-order valence-electron chi connectivity index (χ0n) is 14.2. The largest absolute Gasteiger partial charge is 0.423 e. The second kappa shape index (κ2) is 6.33. The number of carbonyl (C=O) groups is 1. The molecule has 130 valence electrons. The number of ether oxygens (including phenoxy) is 1. The first-order valence-corrected chi connectivity index (χ1v) is 8.43. The Morgan fingerprint density at radius 3 is 3.00 bits per heavy atom. The lowest BCUT2D eigenvalue weighted by molar-refractivity contribution is -0.0106. The summed E-state index contributed by atoms with van der Waals surface area (Å²) in [6.07, 6.45) is 1.84. The fourth-order valence-corrected chi connectivity index (χ4v) is 3.09. The minimum atomic E-state index is -0.365. The van der Waals surface area contributed by atoms with Gasteiger partial charge in [-0.15, -0.1) is 10.2 Å². The van der Waals surface area contributed by atoms with Crippen molar-refractivity contribution in [1.82, 2.24) is 20.1 Å². The quantitative estimate of drug-likeness (QED) is 0.792. The fraction of sp³-hybridized carbons (Fsp3) is 0.389. The van der Waals surface area contributed by atoms with Crippen LogP contribution in [-0.4, -0.2) is 45.7 Å². The number of carbonyl (C=O) groups excluding carboxylic acids is 1. The van der Waals surface area contributed by atoms with Gasteiger partial charge < -0.3 is 19.0 Å². The van der Waals surface area contributed by atoms with Crippen LogP contribution in [0.5, 0.6) is 0 Å². The maximum atomic E-state index is 13.2. The van der Waals surface area contributed by atoms with E-state index in [1.807, 2.05) is 44.3 Å². The van der Waals surface area contributed by atoms with E-state index in [0.717, 1.165) is 10.9 Å². The number of hydrogen-bond donors (Lipinski definition) is 1. The van der Waals surface area contributed by atoms with Gasteiger partial charge in [-0.25, -0.2) is 0 Å². The molecule has 7 nitrogen and oxygen atoms in total. The van der Waals surface area contributed by atoms with Crippen molar-refractivity contribution in [3.8, 4) is 0 Å². The number of nitrogens with zero attached hydrogens (tertiary/aromatic N) is 3. The SMILES string of the molecule is CC(C)c1nnc(C2COCCN2C(=O)c2cccc3[nH]ccc23)o1. The number of morpholine rings is 1. The van der Waals surface area contributed by atoms with Crippen LogP contribution in [0.1, 0.15) is 47.9 Å². The van der Waals surface area contributed by atoms with Gasteiger partial charge in [0.05, 0.1) is 13.2 Å². The van der Waals surface area contributed by atoms with Crippen LogP contribution in [0.2, 0.25) is 0 Å². The standard InChI is InChI=1S/C18H20N4O3/c1-11(2)16-20-21-17(25-16)15-10-24-9-8-22(15)18(23)13-4-3-5-14-12(13)6-7-19-14/h3-7,11,15,19H,8-10H2,1-2H3. The first-order valence-electron chi connectivity index (χ1n) is 8.43. The van der Waals surface area contributed by atoms with Gasteiger partial charge in [0.2, 0.25) is 11.8 Å². The Hall–Kier alpha value is -2.67. The van der Waals surface area contributed by atoms with E-state index >= 15 is 0 Å². The summed E-state index contributed by atoms with van der Waals surface area (Å²) in [5.74, 6) is 1.09. The summed E-state index contributed by atoms with van der Waals surface area (Å²) < 4.78 is 11.3. The Morgan fingerprint density at radius 1 is 1.32 bits per heavy atom. The van der Waals surface area contributed by atoms with E-state index in [1.165, 1.54) is 0 Å². The Morgan fingerprint density at radius 2 is 2.20 bits per heavy atom. The highest BCUT2D eigenvalue weighted by molar-refractivity contribution is 6.06. The molecule has 4 rings (SSSR count). The molecule has 0 radical (unpaired) electrons. The van der Waals surface area contributed by atoms with Gasteiger partial charge in [-0.2, -0.15) is 0 Å². The smallest absolute Gasteiger partial charge is 0.255 e. The van der Waals surface area contributed by atoms with Crippen molar-refractivity contribution in [3.63, 3.8) is 0 Å². The lowest BCUT2D eigenvalue weighted by Crippen LogP contribution is -2.43. The minimum absolute atomic E-state index is 0.0530. The number of fused-ring (bicyclic) bond motifs is 1. The number of aromatic nitrogens is 3. The second-order valence-electron chi connectivity index (χ2n) is 6.47. The van der Waals surface area contributed by atoms with Crippen molar-refractivity contribution in [2.75, 3.05) is 19.8 Å². The van der Waals surface area contributed by atoms with Crippen molar-refractivity contribution in [2.24, 2.45) is 0 Å². The van der Waals surface area contributed by atoms with E-state index in [0.29, 0.717) is 37.1 Å². The van der Waals surface area contributed by atoms with Gasteiger partial charge in [0.1, 0.15) is 6.04 Å². The highest BCUT2D eigenvalue weighted by atomic mass is 16.5. The molecule has 1 N–H and O–H groups in total. The fourth-order valence-electron chi connectivity index (χ4n) is 3.09. The zero-order valence-corrected chi connectivity index (χ0v) is 14.2. The number of nitrogens with one attached hydrogen (secondary N) is 1. The normalized spacial score (nSPS) is 18.2. The van der Waals surface area contributed by atoms with Gasteiger partial charge >= 0.3 is 0 Å². The molecule has 1 saturated heterocycles. The highest BCUT2D eigenvalue weighted by Crippen LogP contribution is 2.28. The van der Waals surface area contributed by atoms with Gasteiger partial charge in [-0.1, -0.05) is 19.9 Å². The molecule has 0 saturated carbocycles. The molecule has 3 heterocycles. The summed E-state index contributed by atoms with van der Waals surface area (Å²) >= 11 is 0. The van der Waals surface area contributed by atoms with Crippen molar-refractivity contribution < 1.29 is 13.9 Å². The van der Waals surface area contributed by atoms with Crippen LogP contribution in [-0.2, 0) is 4.74 Å². The van der Waals surface area contributed by atoms with E-state index in [4.69, 9.17) is 9.15 Å². The molecule has 1 atom stereocenters. The summed E-state index contributed by atoms with van der Waals surface area (Å²) in [6.45, 7) is 5.32. The van der Waals surface area contributed by atoms with E-state index in [2.05, 4.69) is 15.2 Å². The van der Waals surface area contributed by atoms with Crippen molar-refractivity contribution in [1.29, 1.82) is 0 Å². The molecule has 1 aromatic carbocycles. The summed E-state index contributed by atoms with van der Waals surface area (Å²) in [5.41, 5.74) is 1.60. The van der Waals surface area contributed by atoms with Crippen molar-refractivity contribution in [2.45, 2.75) is 25.8 Å². The van der Waals surface area contributed by atoms with Crippen LogP contribution in [0.3, 0.4) is 0 Å². The maximum absolute atomic E-state index is 13.2. The number of aromatic amines is 1. The lowest BCUT2D eigenvalue weighted by Gasteiger charge is -2.33.